The highest BCUT2D eigenvalue weighted by Crippen LogP contribution is 2.37. The number of amides is 2. The van der Waals surface area contributed by atoms with Gasteiger partial charge in [0, 0.05) is 44.7 Å². The molecule has 1 saturated carbocycles. The van der Waals surface area contributed by atoms with Gasteiger partial charge in [0.05, 0.1) is 6.42 Å². The van der Waals surface area contributed by atoms with Gasteiger partial charge in [-0.25, -0.2) is 0 Å². The van der Waals surface area contributed by atoms with E-state index < -0.39 is 0 Å². The van der Waals surface area contributed by atoms with Gasteiger partial charge in [0.15, 0.2) is 0 Å². The van der Waals surface area contributed by atoms with Gasteiger partial charge >= 0.3 is 0 Å². The number of thiophene rings is 1. The van der Waals surface area contributed by atoms with Gasteiger partial charge in [0.2, 0.25) is 11.8 Å². The summed E-state index contributed by atoms with van der Waals surface area (Å²) in [4.78, 5) is 30.2. The highest BCUT2D eigenvalue weighted by atomic mass is 32.1. The molecule has 1 N–H and O–H groups in total. The van der Waals surface area contributed by atoms with Gasteiger partial charge in [-0.2, -0.15) is 11.3 Å². The lowest BCUT2D eigenvalue weighted by molar-refractivity contribution is -0.131. The molecule has 0 unspecified atom stereocenters. The van der Waals surface area contributed by atoms with Gasteiger partial charge in [-0.1, -0.05) is 33.1 Å². The van der Waals surface area contributed by atoms with Crippen LogP contribution in [0.15, 0.2) is 16.8 Å². The molecule has 1 aromatic heterocycles. The zero-order valence-electron chi connectivity index (χ0n) is 18.1. The highest BCUT2D eigenvalue weighted by molar-refractivity contribution is 7.08. The lowest BCUT2D eigenvalue weighted by Crippen LogP contribution is -2.54. The second-order valence-corrected chi connectivity index (χ2v) is 9.97. The Bertz CT molecular complexity index is 653. The first-order valence-electron chi connectivity index (χ1n) is 11.3. The molecule has 1 aromatic rings. The summed E-state index contributed by atoms with van der Waals surface area (Å²) in [6, 6.07) is 2.02. The molecule has 2 fully saturated rings. The van der Waals surface area contributed by atoms with E-state index in [-0.39, 0.29) is 17.4 Å². The van der Waals surface area contributed by atoms with Crippen molar-refractivity contribution in [3.05, 3.63) is 22.4 Å². The van der Waals surface area contributed by atoms with E-state index in [1.807, 2.05) is 21.7 Å². The van der Waals surface area contributed by atoms with Crippen LogP contribution >= 0.6 is 11.3 Å². The van der Waals surface area contributed by atoms with Crippen LogP contribution in [0.5, 0.6) is 0 Å². The van der Waals surface area contributed by atoms with Crippen LogP contribution < -0.4 is 5.32 Å². The maximum absolute atomic E-state index is 12.9. The molecule has 162 valence electrons. The van der Waals surface area contributed by atoms with Gasteiger partial charge in [0.25, 0.3) is 0 Å². The smallest absolute Gasteiger partial charge is 0.227 e. The summed E-state index contributed by atoms with van der Waals surface area (Å²) in [6.45, 7) is 8.43. The Morgan fingerprint density at radius 2 is 1.97 bits per heavy atom. The standard InChI is InChI=1S/C23H37N3O2S/c1-19(2)17-26-12-6-11-25(22(28)15-20-7-14-29-18-20)13-10-24-21(27)16-23(26)8-4-3-5-9-23/h7,14,18-19H,3-6,8-13,15-17H2,1-2H3,(H,24,27). The van der Waals surface area contributed by atoms with E-state index in [0.717, 1.165) is 44.5 Å². The number of carbonyl (C=O) groups is 2. The molecule has 3 rings (SSSR count). The third kappa shape index (κ3) is 6.29. The van der Waals surface area contributed by atoms with E-state index in [1.165, 1.54) is 19.3 Å². The summed E-state index contributed by atoms with van der Waals surface area (Å²) < 4.78 is 0. The van der Waals surface area contributed by atoms with Crippen molar-refractivity contribution in [3.63, 3.8) is 0 Å². The fraction of sp³-hybridized carbons (Fsp3) is 0.739. The maximum atomic E-state index is 12.9. The number of nitrogens with one attached hydrogen (secondary N) is 1. The molecule has 1 saturated heterocycles. The molecule has 1 aliphatic carbocycles. The van der Waals surface area contributed by atoms with Crippen LogP contribution in [0.2, 0.25) is 0 Å². The van der Waals surface area contributed by atoms with E-state index in [0.29, 0.717) is 31.8 Å². The van der Waals surface area contributed by atoms with Gasteiger partial charge in [-0.3, -0.25) is 14.5 Å². The van der Waals surface area contributed by atoms with Gasteiger partial charge < -0.3 is 10.2 Å². The van der Waals surface area contributed by atoms with Gasteiger partial charge in [-0.15, -0.1) is 0 Å². The normalized spacial score (nSPS) is 21.8. The number of nitrogens with zero attached hydrogens (tertiary/aromatic N) is 2. The van der Waals surface area contributed by atoms with Crippen LogP contribution in [0, 0.1) is 5.92 Å². The molecule has 1 spiro atoms. The minimum atomic E-state index is 0.00244. The molecule has 5 nitrogen and oxygen atoms in total. The molecule has 2 amide bonds. The molecule has 0 atom stereocenters. The topological polar surface area (TPSA) is 52.6 Å². The highest BCUT2D eigenvalue weighted by Gasteiger charge is 2.40. The number of hydrogen-bond donors (Lipinski definition) is 1. The molecule has 29 heavy (non-hydrogen) atoms. The summed E-state index contributed by atoms with van der Waals surface area (Å²) in [5.41, 5.74) is 1.09. The van der Waals surface area contributed by atoms with E-state index in [9.17, 15) is 9.59 Å². The average Bonchev–Trinajstić information content (AvgIpc) is 3.18. The minimum Gasteiger partial charge on any atom is -0.354 e. The minimum absolute atomic E-state index is 0.00244. The van der Waals surface area contributed by atoms with Crippen molar-refractivity contribution < 1.29 is 9.59 Å². The predicted molar refractivity (Wildman–Crippen MR) is 119 cm³/mol. The number of rotatable bonds is 4. The molecule has 2 aliphatic rings. The lowest BCUT2D eigenvalue weighted by Gasteiger charge is -2.47. The fourth-order valence-corrected chi connectivity index (χ4v) is 5.63. The van der Waals surface area contributed by atoms with Crippen LogP contribution in [0.25, 0.3) is 0 Å². The van der Waals surface area contributed by atoms with Crippen LogP contribution in [0.1, 0.15) is 64.4 Å². The van der Waals surface area contributed by atoms with E-state index >= 15 is 0 Å². The Hall–Kier alpha value is -1.40. The molecule has 0 radical (unpaired) electrons. The van der Waals surface area contributed by atoms with Crippen LogP contribution in [-0.2, 0) is 16.0 Å². The Morgan fingerprint density at radius 1 is 1.17 bits per heavy atom. The first kappa shape index (κ1) is 22.3. The van der Waals surface area contributed by atoms with Crippen molar-refractivity contribution in [1.29, 1.82) is 0 Å². The molecule has 6 heteroatoms. The zero-order chi connectivity index (χ0) is 20.7. The lowest BCUT2D eigenvalue weighted by atomic mass is 9.77. The van der Waals surface area contributed by atoms with Crippen LogP contribution in [0.4, 0.5) is 0 Å². The van der Waals surface area contributed by atoms with Gasteiger partial charge in [0.1, 0.15) is 0 Å². The first-order valence-corrected chi connectivity index (χ1v) is 12.2. The fourth-order valence-electron chi connectivity index (χ4n) is 4.96. The molecule has 2 heterocycles. The third-order valence-electron chi connectivity index (χ3n) is 6.38. The first-order chi connectivity index (χ1) is 14.0. The van der Waals surface area contributed by atoms with Crippen molar-refractivity contribution in [2.75, 3.05) is 32.7 Å². The molecule has 0 aromatic carbocycles. The molecule has 1 aliphatic heterocycles. The Kier molecular flexibility index (Phi) is 8.13. The molecular weight excluding hydrogens is 382 g/mol. The predicted octanol–water partition coefficient (Wildman–Crippen LogP) is 3.69. The molecular formula is C23H37N3O2S. The summed E-state index contributed by atoms with van der Waals surface area (Å²) >= 11 is 1.63. The summed E-state index contributed by atoms with van der Waals surface area (Å²) in [7, 11) is 0. The van der Waals surface area contributed by atoms with E-state index in [4.69, 9.17) is 0 Å². The third-order valence-corrected chi connectivity index (χ3v) is 7.11. The quantitative estimate of drug-likeness (QED) is 0.810. The van der Waals surface area contributed by atoms with Crippen molar-refractivity contribution >= 4 is 23.2 Å². The van der Waals surface area contributed by atoms with Gasteiger partial charge in [-0.05, 0) is 47.6 Å². The van der Waals surface area contributed by atoms with Crippen molar-refractivity contribution in [3.8, 4) is 0 Å². The Morgan fingerprint density at radius 3 is 2.66 bits per heavy atom. The summed E-state index contributed by atoms with van der Waals surface area (Å²) in [6.07, 6.45) is 7.98. The largest absolute Gasteiger partial charge is 0.354 e. The molecule has 0 bridgehead atoms. The number of carbonyl (C=O) groups excluding carboxylic acids is 2. The Balaban J connectivity index is 1.72. The van der Waals surface area contributed by atoms with E-state index in [2.05, 4.69) is 24.1 Å². The summed E-state index contributed by atoms with van der Waals surface area (Å²) in [5, 5.41) is 7.17. The Labute approximate surface area is 179 Å². The van der Waals surface area contributed by atoms with Crippen molar-refractivity contribution in [2.24, 2.45) is 5.92 Å². The van der Waals surface area contributed by atoms with Crippen LogP contribution in [0.3, 0.4) is 0 Å². The van der Waals surface area contributed by atoms with Crippen molar-refractivity contribution in [2.45, 2.75) is 70.8 Å². The second-order valence-electron chi connectivity index (χ2n) is 9.19. The zero-order valence-corrected chi connectivity index (χ0v) is 18.9. The number of hydrogen-bond acceptors (Lipinski definition) is 4. The monoisotopic (exact) mass is 419 g/mol. The van der Waals surface area contributed by atoms with E-state index in [1.54, 1.807) is 11.3 Å². The average molecular weight is 420 g/mol. The second kappa shape index (κ2) is 10.6. The summed E-state index contributed by atoms with van der Waals surface area (Å²) in [5.74, 6) is 0.880. The van der Waals surface area contributed by atoms with Crippen molar-refractivity contribution in [1.82, 2.24) is 15.1 Å². The van der Waals surface area contributed by atoms with Crippen LogP contribution in [-0.4, -0.2) is 59.9 Å². The SMILES string of the molecule is CC(C)CN1CCCN(C(=O)Cc2ccsc2)CCNC(=O)CC12CCCCC2. The maximum Gasteiger partial charge on any atom is 0.227 e.